The van der Waals surface area contributed by atoms with E-state index < -0.39 is 18.0 Å². The number of unbranched alkanes of at least 4 members (excludes halogenated alkanes) is 8. The number of methoxy groups -OCH3 is 1. The summed E-state index contributed by atoms with van der Waals surface area (Å²) in [7, 11) is 1.28. The van der Waals surface area contributed by atoms with Crippen molar-refractivity contribution in [3.05, 3.63) is 65.7 Å². The van der Waals surface area contributed by atoms with E-state index in [0.29, 0.717) is 12.2 Å². The Kier molecular flexibility index (Phi) is 12.7. The van der Waals surface area contributed by atoms with Crippen LogP contribution in [0.4, 0.5) is 0 Å². The largest absolute Gasteiger partial charge is 0.494 e. The topological polar surface area (TPSA) is 61.8 Å². The molecule has 0 spiro atoms. The van der Waals surface area contributed by atoms with Gasteiger partial charge in [0.1, 0.15) is 5.75 Å². The van der Waals surface area contributed by atoms with E-state index >= 15 is 0 Å². The predicted molar refractivity (Wildman–Crippen MR) is 130 cm³/mol. The minimum absolute atomic E-state index is 0.0683. The lowest BCUT2D eigenvalue weighted by atomic mass is 10.1. The molecule has 2 aromatic rings. The number of hydrogen-bond acceptors (Lipinski definition) is 5. The van der Waals surface area contributed by atoms with Crippen molar-refractivity contribution in [2.45, 2.75) is 77.2 Å². The van der Waals surface area contributed by atoms with Gasteiger partial charge < -0.3 is 14.2 Å². The van der Waals surface area contributed by atoms with Crippen LogP contribution in [-0.4, -0.2) is 25.7 Å². The molecule has 0 amide bonds. The van der Waals surface area contributed by atoms with Crippen LogP contribution in [0.15, 0.2) is 54.6 Å². The second-order valence-electron chi connectivity index (χ2n) is 8.30. The molecule has 5 heteroatoms. The molecular weight excluding hydrogens is 416 g/mol. The van der Waals surface area contributed by atoms with E-state index in [1.54, 1.807) is 24.3 Å². The fraction of sp³-hybridized carbons (Fsp3) is 0.500. The Hall–Kier alpha value is -2.82. The summed E-state index contributed by atoms with van der Waals surface area (Å²) in [6, 6.07) is 16.3. The van der Waals surface area contributed by atoms with Gasteiger partial charge in [0.2, 0.25) is 6.10 Å². The van der Waals surface area contributed by atoms with Gasteiger partial charge in [0.15, 0.2) is 0 Å². The summed E-state index contributed by atoms with van der Waals surface area (Å²) in [6.45, 7) is 2.95. The third-order valence-corrected chi connectivity index (χ3v) is 5.56. The Morgan fingerprint density at radius 3 is 2.00 bits per heavy atom. The van der Waals surface area contributed by atoms with Crippen molar-refractivity contribution < 1.29 is 23.8 Å². The van der Waals surface area contributed by atoms with Crippen LogP contribution in [0.3, 0.4) is 0 Å². The fourth-order valence-corrected chi connectivity index (χ4v) is 3.63. The molecule has 180 valence electrons. The van der Waals surface area contributed by atoms with Crippen LogP contribution in [0, 0.1) is 0 Å². The van der Waals surface area contributed by atoms with Gasteiger partial charge in [0, 0.05) is 5.56 Å². The molecule has 0 aliphatic carbocycles. The van der Waals surface area contributed by atoms with Crippen LogP contribution >= 0.6 is 0 Å². The van der Waals surface area contributed by atoms with Crippen molar-refractivity contribution in [1.82, 2.24) is 0 Å². The zero-order valence-corrected chi connectivity index (χ0v) is 20.1. The summed E-state index contributed by atoms with van der Waals surface area (Å²) >= 11 is 0. The number of esters is 2. The van der Waals surface area contributed by atoms with Crippen molar-refractivity contribution >= 4 is 11.9 Å². The molecule has 5 nitrogen and oxygen atoms in total. The number of carbonyl (C=O) groups excluding carboxylic acids is 2. The molecule has 0 saturated heterocycles. The van der Waals surface area contributed by atoms with E-state index in [-0.39, 0.29) is 6.42 Å². The van der Waals surface area contributed by atoms with Crippen LogP contribution in [0.1, 0.15) is 81.9 Å². The monoisotopic (exact) mass is 454 g/mol. The van der Waals surface area contributed by atoms with Gasteiger partial charge in [-0.2, -0.15) is 0 Å². The first-order valence-corrected chi connectivity index (χ1v) is 12.2. The second kappa shape index (κ2) is 15.9. The number of ether oxygens (including phenoxy) is 3. The average molecular weight is 455 g/mol. The van der Waals surface area contributed by atoms with Gasteiger partial charge in [0.05, 0.1) is 20.1 Å². The maximum absolute atomic E-state index is 12.4. The highest BCUT2D eigenvalue weighted by Crippen LogP contribution is 2.20. The minimum atomic E-state index is -1.07. The third-order valence-electron chi connectivity index (χ3n) is 5.56. The lowest BCUT2D eigenvalue weighted by Gasteiger charge is -2.16. The highest BCUT2D eigenvalue weighted by molar-refractivity contribution is 5.81. The van der Waals surface area contributed by atoms with Crippen LogP contribution in [0.25, 0.3) is 0 Å². The second-order valence-corrected chi connectivity index (χ2v) is 8.30. The number of rotatable bonds is 16. The molecule has 0 heterocycles. The van der Waals surface area contributed by atoms with Crippen LogP contribution < -0.4 is 4.74 Å². The molecule has 33 heavy (non-hydrogen) atoms. The Bertz CT molecular complexity index is 801. The van der Waals surface area contributed by atoms with Gasteiger partial charge in [-0.25, -0.2) is 4.79 Å². The Balaban J connectivity index is 1.68. The fourth-order valence-electron chi connectivity index (χ4n) is 3.63. The molecule has 0 radical (unpaired) electrons. The molecule has 2 aromatic carbocycles. The first-order chi connectivity index (χ1) is 16.1. The minimum Gasteiger partial charge on any atom is -0.494 e. The summed E-state index contributed by atoms with van der Waals surface area (Å²) in [5, 5.41) is 0. The van der Waals surface area contributed by atoms with Crippen LogP contribution in [0.5, 0.6) is 5.75 Å². The van der Waals surface area contributed by atoms with Gasteiger partial charge in [-0.3, -0.25) is 4.79 Å². The summed E-state index contributed by atoms with van der Waals surface area (Å²) in [5.41, 5.74) is 1.38. The van der Waals surface area contributed by atoms with Gasteiger partial charge >= 0.3 is 11.9 Å². The average Bonchev–Trinajstić information content (AvgIpc) is 2.84. The SMILES string of the molecule is CCCCCCCCCCCOc1ccc(CC(=O)OC(C(=O)OC)c2ccccc2)cc1. The molecular formula is C28H38O5. The Morgan fingerprint density at radius 2 is 1.39 bits per heavy atom. The van der Waals surface area contributed by atoms with Crippen molar-refractivity contribution in [2.24, 2.45) is 0 Å². The molecule has 1 unspecified atom stereocenters. The number of carbonyl (C=O) groups is 2. The van der Waals surface area contributed by atoms with Gasteiger partial charge in [-0.15, -0.1) is 0 Å². The standard InChI is InChI=1S/C28H38O5/c1-3-4-5-6-7-8-9-10-14-21-32-25-19-17-23(18-20-25)22-26(29)33-27(28(30)31-2)24-15-12-11-13-16-24/h11-13,15-20,27H,3-10,14,21-22H2,1-2H3. The summed E-state index contributed by atoms with van der Waals surface area (Å²) in [5.74, 6) is -0.296. The zero-order chi connectivity index (χ0) is 23.7. The van der Waals surface area contributed by atoms with Crippen LogP contribution in [0.2, 0.25) is 0 Å². The summed E-state index contributed by atoms with van der Waals surface area (Å²) in [4.78, 5) is 24.5. The maximum Gasteiger partial charge on any atom is 0.351 e. The predicted octanol–water partition coefficient (Wildman–Crippen LogP) is 6.60. The van der Waals surface area contributed by atoms with E-state index in [9.17, 15) is 9.59 Å². The van der Waals surface area contributed by atoms with Crippen molar-refractivity contribution in [1.29, 1.82) is 0 Å². The molecule has 2 rings (SSSR count). The maximum atomic E-state index is 12.4. The van der Waals surface area contributed by atoms with E-state index in [1.165, 1.54) is 58.5 Å². The highest BCUT2D eigenvalue weighted by atomic mass is 16.6. The number of benzene rings is 2. The normalized spacial score (nSPS) is 11.6. The Morgan fingerprint density at radius 1 is 0.788 bits per heavy atom. The van der Waals surface area contributed by atoms with E-state index in [2.05, 4.69) is 6.92 Å². The molecule has 1 atom stereocenters. The van der Waals surface area contributed by atoms with E-state index in [1.807, 2.05) is 30.3 Å². The lowest BCUT2D eigenvalue weighted by Crippen LogP contribution is -2.22. The van der Waals surface area contributed by atoms with E-state index in [4.69, 9.17) is 14.2 Å². The smallest absolute Gasteiger partial charge is 0.351 e. The molecule has 0 aliphatic heterocycles. The quantitative estimate of drug-likeness (QED) is 0.211. The van der Waals surface area contributed by atoms with Crippen molar-refractivity contribution in [3.8, 4) is 5.75 Å². The van der Waals surface area contributed by atoms with Crippen molar-refractivity contribution in [2.75, 3.05) is 13.7 Å². The molecule has 0 saturated carbocycles. The molecule has 0 bridgehead atoms. The lowest BCUT2D eigenvalue weighted by molar-refractivity contribution is -0.166. The van der Waals surface area contributed by atoms with Crippen LogP contribution in [-0.2, 0) is 25.5 Å². The molecule has 0 N–H and O–H groups in total. The first kappa shape index (κ1) is 26.4. The van der Waals surface area contributed by atoms with Gasteiger partial charge in [-0.05, 0) is 24.1 Å². The van der Waals surface area contributed by atoms with E-state index in [0.717, 1.165) is 17.7 Å². The van der Waals surface area contributed by atoms with Crippen molar-refractivity contribution in [3.63, 3.8) is 0 Å². The molecule has 0 fully saturated rings. The number of hydrogen-bond donors (Lipinski definition) is 0. The van der Waals surface area contributed by atoms with Gasteiger partial charge in [-0.1, -0.05) is 101 Å². The molecule has 0 aromatic heterocycles. The van der Waals surface area contributed by atoms with Gasteiger partial charge in [0.25, 0.3) is 0 Å². The highest BCUT2D eigenvalue weighted by Gasteiger charge is 2.25. The summed E-state index contributed by atoms with van der Waals surface area (Å²) in [6.07, 6.45) is 10.6. The Labute approximate surface area is 198 Å². The molecule has 0 aliphatic rings. The summed E-state index contributed by atoms with van der Waals surface area (Å²) < 4.78 is 16.0. The zero-order valence-electron chi connectivity index (χ0n) is 20.1. The first-order valence-electron chi connectivity index (χ1n) is 12.2. The third kappa shape index (κ3) is 10.6.